The van der Waals surface area contributed by atoms with E-state index in [2.05, 4.69) is 0 Å². The van der Waals surface area contributed by atoms with Crippen molar-refractivity contribution in [3.05, 3.63) is 29.8 Å². The molecule has 0 aliphatic rings. The van der Waals surface area contributed by atoms with Crippen LogP contribution in [0.5, 0.6) is 5.75 Å². The Hall–Kier alpha value is -2.04. The van der Waals surface area contributed by atoms with Crippen molar-refractivity contribution in [3.8, 4) is 5.75 Å². The number of hydrogen-bond donors (Lipinski definition) is 1. The summed E-state index contributed by atoms with van der Waals surface area (Å²) in [5.74, 6) is -0.501. The average molecular weight is 265 g/mol. The molecule has 0 aliphatic carbocycles. The molecule has 0 atom stereocenters. The van der Waals surface area contributed by atoms with Crippen LogP contribution < -0.4 is 4.74 Å². The number of rotatable bonds is 7. The van der Waals surface area contributed by atoms with E-state index in [1.807, 2.05) is 25.1 Å². The lowest BCUT2D eigenvalue weighted by atomic mass is 10.2. The zero-order chi connectivity index (χ0) is 14.3. The first kappa shape index (κ1) is 15.0. The lowest BCUT2D eigenvalue weighted by Gasteiger charge is -2.16. The predicted octanol–water partition coefficient (Wildman–Crippen LogP) is 1.56. The van der Waals surface area contributed by atoms with Gasteiger partial charge in [0.25, 0.3) is 5.91 Å². The van der Waals surface area contributed by atoms with Gasteiger partial charge in [-0.25, -0.2) is 0 Å². The number of ether oxygens (including phenoxy) is 1. The molecule has 0 fully saturated rings. The van der Waals surface area contributed by atoms with Gasteiger partial charge in [0.1, 0.15) is 5.75 Å². The Kier molecular flexibility index (Phi) is 5.85. The number of aryl methyl sites for hydroxylation is 1. The molecule has 1 amide bonds. The van der Waals surface area contributed by atoms with Crippen LogP contribution in [0.4, 0.5) is 0 Å². The first-order chi connectivity index (χ1) is 9.02. The van der Waals surface area contributed by atoms with Crippen LogP contribution in [0.15, 0.2) is 24.3 Å². The van der Waals surface area contributed by atoms with E-state index >= 15 is 0 Å². The highest BCUT2D eigenvalue weighted by atomic mass is 16.5. The van der Waals surface area contributed by atoms with Crippen LogP contribution >= 0.6 is 0 Å². The Morgan fingerprint density at radius 1 is 1.37 bits per heavy atom. The van der Waals surface area contributed by atoms with Gasteiger partial charge in [-0.3, -0.25) is 9.59 Å². The molecular formula is C14H19NO4. The van der Waals surface area contributed by atoms with Crippen molar-refractivity contribution in [1.82, 2.24) is 4.90 Å². The second-order valence-electron chi connectivity index (χ2n) is 4.25. The molecule has 0 saturated carbocycles. The lowest BCUT2D eigenvalue weighted by molar-refractivity contribution is -0.138. The molecule has 0 saturated heterocycles. The van der Waals surface area contributed by atoms with Gasteiger partial charge in [0.05, 0.1) is 6.42 Å². The molecule has 104 valence electrons. The fraction of sp³-hybridized carbons (Fsp3) is 0.429. The van der Waals surface area contributed by atoms with Gasteiger partial charge >= 0.3 is 5.97 Å². The molecule has 5 nitrogen and oxygen atoms in total. The van der Waals surface area contributed by atoms with E-state index in [0.29, 0.717) is 5.75 Å². The Morgan fingerprint density at radius 2 is 2.11 bits per heavy atom. The maximum absolute atomic E-state index is 11.7. The number of carbonyl (C=O) groups is 2. The van der Waals surface area contributed by atoms with Gasteiger partial charge in [-0.1, -0.05) is 19.1 Å². The maximum Gasteiger partial charge on any atom is 0.305 e. The smallest absolute Gasteiger partial charge is 0.305 e. The normalized spacial score (nSPS) is 10.0. The van der Waals surface area contributed by atoms with Crippen LogP contribution in [0.3, 0.4) is 0 Å². The molecule has 1 aromatic carbocycles. The van der Waals surface area contributed by atoms with Crippen LogP contribution in [0.2, 0.25) is 0 Å². The van der Waals surface area contributed by atoms with Crippen LogP contribution in [-0.2, 0) is 16.0 Å². The van der Waals surface area contributed by atoms with Crippen molar-refractivity contribution in [2.24, 2.45) is 0 Å². The summed E-state index contributed by atoms with van der Waals surface area (Å²) in [5, 5.41) is 8.54. The summed E-state index contributed by atoms with van der Waals surface area (Å²) in [4.78, 5) is 23.5. The standard InChI is InChI=1S/C14H19NO4/c1-3-11-5-4-6-12(9-11)19-10-13(16)15(2)8-7-14(17)18/h4-6,9H,3,7-8,10H2,1-2H3,(H,17,18). The SMILES string of the molecule is CCc1cccc(OCC(=O)N(C)CCC(=O)O)c1. The van der Waals surface area contributed by atoms with Crippen LogP contribution in [0.25, 0.3) is 0 Å². The van der Waals surface area contributed by atoms with Crippen molar-refractivity contribution in [2.45, 2.75) is 19.8 Å². The minimum atomic E-state index is -0.920. The molecule has 0 aromatic heterocycles. The van der Waals surface area contributed by atoms with Gasteiger partial charge in [-0.2, -0.15) is 0 Å². The number of benzene rings is 1. The van der Waals surface area contributed by atoms with E-state index in [4.69, 9.17) is 9.84 Å². The Balaban J connectivity index is 2.42. The van der Waals surface area contributed by atoms with Crippen LogP contribution in [-0.4, -0.2) is 42.1 Å². The average Bonchev–Trinajstić information content (AvgIpc) is 2.42. The molecule has 1 N–H and O–H groups in total. The Labute approximate surface area is 112 Å². The summed E-state index contributed by atoms with van der Waals surface area (Å²) in [6.45, 7) is 2.15. The summed E-state index contributed by atoms with van der Waals surface area (Å²) < 4.78 is 5.40. The zero-order valence-electron chi connectivity index (χ0n) is 11.3. The molecule has 5 heteroatoms. The third-order valence-corrected chi connectivity index (χ3v) is 2.76. The number of hydrogen-bond acceptors (Lipinski definition) is 3. The number of carbonyl (C=O) groups excluding carboxylic acids is 1. The van der Waals surface area contributed by atoms with E-state index in [-0.39, 0.29) is 25.5 Å². The molecule has 19 heavy (non-hydrogen) atoms. The number of likely N-dealkylation sites (N-methyl/N-ethyl adjacent to an activating group) is 1. The first-order valence-corrected chi connectivity index (χ1v) is 6.20. The molecular weight excluding hydrogens is 246 g/mol. The number of nitrogens with zero attached hydrogens (tertiary/aromatic N) is 1. The van der Waals surface area contributed by atoms with Gasteiger partial charge in [0.15, 0.2) is 6.61 Å². The zero-order valence-corrected chi connectivity index (χ0v) is 11.3. The second kappa shape index (κ2) is 7.41. The molecule has 0 unspecified atom stereocenters. The Morgan fingerprint density at radius 3 is 2.74 bits per heavy atom. The third-order valence-electron chi connectivity index (χ3n) is 2.76. The van der Waals surface area contributed by atoms with E-state index in [1.165, 1.54) is 4.90 Å². The highest BCUT2D eigenvalue weighted by Gasteiger charge is 2.11. The minimum Gasteiger partial charge on any atom is -0.484 e. The quantitative estimate of drug-likeness (QED) is 0.812. The van der Waals surface area contributed by atoms with Crippen molar-refractivity contribution >= 4 is 11.9 Å². The predicted molar refractivity (Wildman–Crippen MR) is 71.2 cm³/mol. The Bertz CT molecular complexity index is 445. The molecule has 1 aromatic rings. The first-order valence-electron chi connectivity index (χ1n) is 6.20. The summed E-state index contributed by atoms with van der Waals surface area (Å²) in [6.07, 6.45) is 0.844. The minimum absolute atomic E-state index is 0.0619. The van der Waals surface area contributed by atoms with Gasteiger partial charge in [0.2, 0.25) is 0 Å². The highest BCUT2D eigenvalue weighted by molar-refractivity contribution is 5.78. The molecule has 1 rings (SSSR count). The number of aliphatic carboxylic acids is 1. The molecule has 0 aliphatic heterocycles. The van der Waals surface area contributed by atoms with Gasteiger partial charge in [-0.15, -0.1) is 0 Å². The topological polar surface area (TPSA) is 66.8 Å². The van der Waals surface area contributed by atoms with Crippen molar-refractivity contribution in [2.75, 3.05) is 20.2 Å². The fourth-order valence-electron chi connectivity index (χ4n) is 1.50. The second-order valence-corrected chi connectivity index (χ2v) is 4.25. The maximum atomic E-state index is 11.7. The van der Waals surface area contributed by atoms with E-state index in [1.54, 1.807) is 13.1 Å². The fourth-order valence-corrected chi connectivity index (χ4v) is 1.50. The monoisotopic (exact) mass is 265 g/mol. The highest BCUT2D eigenvalue weighted by Crippen LogP contribution is 2.13. The largest absolute Gasteiger partial charge is 0.484 e. The van der Waals surface area contributed by atoms with Crippen molar-refractivity contribution in [3.63, 3.8) is 0 Å². The molecule has 0 heterocycles. The summed E-state index contributed by atoms with van der Waals surface area (Å²) in [7, 11) is 1.57. The summed E-state index contributed by atoms with van der Waals surface area (Å²) >= 11 is 0. The summed E-state index contributed by atoms with van der Waals surface area (Å²) in [6, 6.07) is 7.56. The molecule has 0 spiro atoms. The van der Waals surface area contributed by atoms with Gasteiger partial charge in [-0.05, 0) is 24.1 Å². The van der Waals surface area contributed by atoms with Gasteiger partial charge < -0.3 is 14.7 Å². The molecule has 0 bridgehead atoms. The number of carboxylic acids is 1. The lowest BCUT2D eigenvalue weighted by Crippen LogP contribution is -2.33. The van der Waals surface area contributed by atoms with Crippen molar-refractivity contribution < 1.29 is 19.4 Å². The third kappa shape index (κ3) is 5.42. The van der Waals surface area contributed by atoms with E-state index in [0.717, 1.165) is 12.0 Å². The van der Waals surface area contributed by atoms with E-state index in [9.17, 15) is 9.59 Å². The van der Waals surface area contributed by atoms with Crippen LogP contribution in [0.1, 0.15) is 18.9 Å². The number of amides is 1. The van der Waals surface area contributed by atoms with E-state index < -0.39 is 5.97 Å². The van der Waals surface area contributed by atoms with Gasteiger partial charge in [0, 0.05) is 13.6 Å². The summed E-state index contributed by atoms with van der Waals surface area (Å²) in [5.41, 5.74) is 1.14. The molecule has 0 radical (unpaired) electrons. The van der Waals surface area contributed by atoms with Crippen LogP contribution in [0, 0.1) is 0 Å². The number of carboxylic acid groups (broad SMARTS) is 1. The van der Waals surface area contributed by atoms with Crippen molar-refractivity contribution in [1.29, 1.82) is 0 Å².